The molecule has 1 aliphatic heterocycles. The molecule has 0 bridgehead atoms. The summed E-state index contributed by atoms with van der Waals surface area (Å²) in [5.41, 5.74) is 1.41. The summed E-state index contributed by atoms with van der Waals surface area (Å²) in [5, 5.41) is 0. The standard InChI is InChI=1S/C10H15N3/c1-12-7-8-13(2)10(12)9-3-5-11-6-4-9/h3-6,10H,7-8H2,1-2H3/p+2. The molecule has 0 radical (unpaired) electrons. The molecule has 0 aromatic carbocycles. The monoisotopic (exact) mass is 179 g/mol. The normalized spacial score (nSPS) is 33.5. The Hall–Kier alpha value is -0.930. The van der Waals surface area contributed by atoms with Gasteiger partial charge in [0.2, 0.25) is 6.17 Å². The first kappa shape index (κ1) is 8.66. The van der Waals surface area contributed by atoms with Gasteiger partial charge in [-0.1, -0.05) is 0 Å². The molecule has 0 aliphatic carbocycles. The van der Waals surface area contributed by atoms with Gasteiger partial charge in [-0.05, 0) is 12.1 Å². The highest BCUT2D eigenvalue weighted by molar-refractivity contribution is 5.10. The fourth-order valence-electron chi connectivity index (χ4n) is 2.23. The van der Waals surface area contributed by atoms with Gasteiger partial charge >= 0.3 is 0 Å². The molecule has 0 saturated carbocycles. The number of hydrogen-bond donors (Lipinski definition) is 2. The average molecular weight is 179 g/mol. The van der Waals surface area contributed by atoms with Gasteiger partial charge in [0.1, 0.15) is 13.1 Å². The molecule has 2 unspecified atom stereocenters. The highest BCUT2D eigenvalue weighted by atomic mass is 15.4. The van der Waals surface area contributed by atoms with Crippen LogP contribution in [0.15, 0.2) is 24.5 Å². The zero-order valence-electron chi connectivity index (χ0n) is 8.25. The molecule has 70 valence electrons. The second-order valence-corrected chi connectivity index (χ2v) is 3.91. The van der Waals surface area contributed by atoms with Gasteiger partial charge in [-0.3, -0.25) is 14.8 Å². The number of nitrogens with zero attached hydrogens (tertiary/aromatic N) is 1. The van der Waals surface area contributed by atoms with E-state index in [0.717, 1.165) is 0 Å². The maximum atomic E-state index is 4.05. The number of quaternary nitrogens is 2. The van der Waals surface area contributed by atoms with E-state index in [1.807, 2.05) is 12.4 Å². The number of likely N-dealkylation sites (N-methyl/N-ethyl adjacent to an activating group) is 2. The fourth-order valence-corrected chi connectivity index (χ4v) is 2.23. The summed E-state index contributed by atoms with van der Waals surface area (Å²) >= 11 is 0. The number of pyridine rings is 1. The molecular formula is C10H17N3+2. The van der Waals surface area contributed by atoms with Gasteiger partial charge in [-0.25, -0.2) is 0 Å². The van der Waals surface area contributed by atoms with Crippen molar-refractivity contribution in [2.45, 2.75) is 6.17 Å². The van der Waals surface area contributed by atoms with Gasteiger partial charge in [-0.15, -0.1) is 0 Å². The fraction of sp³-hybridized carbons (Fsp3) is 0.500. The minimum atomic E-state index is 0.600. The first-order valence-corrected chi connectivity index (χ1v) is 4.83. The number of rotatable bonds is 1. The first-order chi connectivity index (χ1) is 6.29. The Balaban J connectivity index is 2.25. The highest BCUT2D eigenvalue weighted by Gasteiger charge is 2.35. The molecule has 3 heteroatoms. The summed E-state index contributed by atoms with van der Waals surface area (Å²) in [5.74, 6) is 0. The number of nitrogens with one attached hydrogen (secondary N) is 2. The second-order valence-electron chi connectivity index (χ2n) is 3.91. The van der Waals surface area contributed by atoms with Gasteiger partial charge in [0.25, 0.3) is 0 Å². The van der Waals surface area contributed by atoms with E-state index in [0.29, 0.717) is 6.17 Å². The van der Waals surface area contributed by atoms with E-state index >= 15 is 0 Å². The van der Waals surface area contributed by atoms with Crippen LogP contribution in [0.5, 0.6) is 0 Å². The van der Waals surface area contributed by atoms with Crippen LogP contribution < -0.4 is 9.80 Å². The van der Waals surface area contributed by atoms with Crippen molar-refractivity contribution in [2.24, 2.45) is 0 Å². The van der Waals surface area contributed by atoms with Crippen LogP contribution in [0.4, 0.5) is 0 Å². The Morgan fingerprint density at radius 2 is 1.69 bits per heavy atom. The summed E-state index contributed by atoms with van der Waals surface area (Å²) in [7, 11) is 4.53. The average Bonchev–Trinajstić information content (AvgIpc) is 2.48. The van der Waals surface area contributed by atoms with Crippen LogP contribution in [0.1, 0.15) is 11.7 Å². The van der Waals surface area contributed by atoms with Gasteiger partial charge < -0.3 is 0 Å². The lowest BCUT2D eigenvalue weighted by molar-refractivity contribution is -1.06. The van der Waals surface area contributed by atoms with Crippen molar-refractivity contribution in [3.63, 3.8) is 0 Å². The van der Waals surface area contributed by atoms with E-state index < -0.39 is 0 Å². The van der Waals surface area contributed by atoms with Gasteiger partial charge in [0.05, 0.1) is 19.7 Å². The Labute approximate surface area is 79.0 Å². The molecule has 3 nitrogen and oxygen atoms in total. The van der Waals surface area contributed by atoms with E-state index in [1.165, 1.54) is 18.7 Å². The summed E-state index contributed by atoms with van der Waals surface area (Å²) in [6.45, 7) is 2.53. The zero-order chi connectivity index (χ0) is 9.26. The molecule has 1 aliphatic rings. The molecule has 2 heterocycles. The van der Waals surface area contributed by atoms with Gasteiger partial charge in [0, 0.05) is 12.4 Å². The van der Waals surface area contributed by atoms with Crippen LogP contribution in [0.25, 0.3) is 0 Å². The third-order valence-corrected chi connectivity index (χ3v) is 2.94. The number of hydrogen-bond acceptors (Lipinski definition) is 1. The van der Waals surface area contributed by atoms with Crippen molar-refractivity contribution >= 4 is 0 Å². The molecule has 2 atom stereocenters. The highest BCUT2D eigenvalue weighted by Crippen LogP contribution is 2.02. The molecule has 1 aromatic heterocycles. The Morgan fingerprint density at radius 3 is 2.23 bits per heavy atom. The van der Waals surface area contributed by atoms with Crippen molar-refractivity contribution < 1.29 is 9.80 Å². The van der Waals surface area contributed by atoms with Crippen molar-refractivity contribution in [3.8, 4) is 0 Å². The Kier molecular flexibility index (Phi) is 2.29. The van der Waals surface area contributed by atoms with Crippen molar-refractivity contribution in [1.82, 2.24) is 4.98 Å². The van der Waals surface area contributed by atoms with E-state index in [9.17, 15) is 0 Å². The summed E-state index contributed by atoms with van der Waals surface area (Å²) in [4.78, 5) is 7.25. The Morgan fingerprint density at radius 1 is 1.15 bits per heavy atom. The minimum absolute atomic E-state index is 0.600. The third kappa shape index (κ3) is 1.57. The first-order valence-electron chi connectivity index (χ1n) is 4.83. The molecule has 0 amide bonds. The van der Waals surface area contributed by atoms with Crippen LogP contribution in [0, 0.1) is 0 Å². The lowest BCUT2D eigenvalue weighted by atomic mass is 10.2. The quantitative estimate of drug-likeness (QED) is 0.518. The molecule has 1 saturated heterocycles. The lowest BCUT2D eigenvalue weighted by Gasteiger charge is -2.18. The van der Waals surface area contributed by atoms with E-state index in [4.69, 9.17) is 0 Å². The van der Waals surface area contributed by atoms with Crippen molar-refractivity contribution in [2.75, 3.05) is 27.2 Å². The smallest absolute Gasteiger partial charge is 0.240 e. The summed E-state index contributed by atoms with van der Waals surface area (Å²) in [6.07, 6.45) is 4.37. The molecule has 1 aromatic rings. The molecule has 0 spiro atoms. The predicted molar refractivity (Wildman–Crippen MR) is 50.5 cm³/mol. The van der Waals surface area contributed by atoms with Crippen LogP contribution in [0.2, 0.25) is 0 Å². The van der Waals surface area contributed by atoms with Gasteiger partial charge in [-0.2, -0.15) is 0 Å². The maximum absolute atomic E-state index is 4.05. The largest absolute Gasteiger partial charge is 0.280 e. The molecule has 2 N–H and O–H groups in total. The molecule has 1 fully saturated rings. The van der Waals surface area contributed by atoms with Gasteiger partial charge in [0.15, 0.2) is 0 Å². The topological polar surface area (TPSA) is 21.8 Å². The summed E-state index contributed by atoms with van der Waals surface area (Å²) in [6, 6.07) is 4.26. The molecular weight excluding hydrogens is 162 g/mol. The number of aromatic nitrogens is 1. The molecule has 13 heavy (non-hydrogen) atoms. The molecule has 2 rings (SSSR count). The van der Waals surface area contributed by atoms with Crippen molar-refractivity contribution in [3.05, 3.63) is 30.1 Å². The van der Waals surface area contributed by atoms with E-state index in [1.54, 1.807) is 9.80 Å². The Bertz CT molecular complexity index is 263. The summed E-state index contributed by atoms with van der Waals surface area (Å²) < 4.78 is 0. The minimum Gasteiger partial charge on any atom is -0.280 e. The zero-order valence-corrected chi connectivity index (χ0v) is 8.25. The SMILES string of the molecule is C[NH+]1CC[NH+](C)C1c1ccncc1. The van der Waals surface area contributed by atoms with Crippen LogP contribution in [-0.2, 0) is 0 Å². The second kappa shape index (κ2) is 3.44. The van der Waals surface area contributed by atoms with Crippen LogP contribution >= 0.6 is 0 Å². The van der Waals surface area contributed by atoms with Crippen LogP contribution in [0.3, 0.4) is 0 Å². The maximum Gasteiger partial charge on any atom is 0.240 e. The third-order valence-electron chi connectivity index (χ3n) is 2.94. The van der Waals surface area contributed by atoms with E-state index in [2.05, 4.69) is 31.2 Å². The predicted octanol–water partition coefficient (Wildman–Crippen LogP) is -1.88. The lowest BCUT2D eigenvalue weighted by Crippen LogP contribution is -3.20. The van der Waals surface area contributed by atoms with E-state index in [-0.39, 0.29) is 0 Å². The van der Waals surface area contributed by atoms with Crippen LogP contribution in [-0.4, -0.2) is 32.2 Å². The van der Waals surface area contributed by atoms with Crippen molar-refractivity contribution in [1.29, 1.82) is 0 Å².